The number of hydrogen-bond donors (Lipinski definition) is 1. The van der Waals surface area contributed by atoms with Gasteiger partial charge in [-0.25, -0.2) is 4.39 Å². The molecule has 0 atom stereocenters. The van der Waals surface area contributed by atoms with Crippen LogP contribution in [0.1, 0.15) is 21.5 Å². The van der Waals surface area contributed by atoms with Gasteiger partial charge < -0.3 is 4.98 Å². The first-order valence-electron chi connectivity index (χ1n) is 6.44. The van der Waals surface area contributed by atoms with E-state index in [-0.39, 0.29) is 5.82 Å². The van der Waals surface area contributed by atoms with E-state index in [1.807, 2.05) is 44.2 Å². The molecule has 20 heavy (non-hydrogen) atoms. The van der Waals surface area contributed by atoms with Gasteiger partial charge >= 0.3 is 0 Å². The molecule has 1 N–H and O–H groups in total. The zero-order valence-electron chi connectivity index (χ0n) is 11.3. The lowest BCUT2D eigenvalue weighted by Crippen LogP contribution is -1.85. The molecule has 0 saturated heterocycles. The van der Waals surface area contributed by atoms with Crippen LogP contribution in [-0.2, 0) is 0 Å². The molecule has 0 unspecified atom stereocenters. The number of benzene rings is 2. The molecular weight excluding hydrogens is 253 g/mol. The smallest absolute Gasteiger partial charge is 0.152 e. The number of hydrogen-bond acceptors (Lipinski definition) is 1. The van der Waals surface area contributed by atoms with E-state index in [2.05, 4.69) is 4.98 Å². The van der Waals surface area contributed by atoms with Crippen molar-refractivity contribution in [2.45, 2.75) is 13.8 Å². The summed E-state index contributed by atoms with van der Waals surface area (Å²) >= 11 is 0. The first-order chi connectivity index (χ1) is 9.60. The van der Waals surface area contributed by atoms with Crippen LogP contribution in [0.4, 0.5) is 4.39 Å². The van der Waals surface area contributed by atoms with Crippen molar-refractivity contribution in [3.05, 3.63) is 58.9 Å². The maximum absolute atomic E-state index is 14.0. The summed E-state index contributed by atoms with van der Waals surface area (Å²) < 4.78 is 14.0. The Morgan fingerprint density at radius 1 is 1.10 bits per heavy atom. The van der Waals surface area contributed by atoms with Crippen LogP contribution in [0.15, 0.2) is 36.4 Å². The Kier molecular flexibility index (Phi) is 2.90. The third-order valence-corrected chi connectivity index (χ3v) is 3.47. The summed E-state index contributed by atoms with van der Waals surface area (Å²) in [7, 11) is 0. The van der Waals surface area contributed by atoms with Gasteiger partial charge in [-0.1, -0.05) is 23.8 Å². The summed E-state index contributed by atoms with van der Waals surface area (Å²) in [5, 5.41) is 0.633. The second kappa shape index (κ2) is 4.60. The number of carbonyl (C=O) groups is 1. The molecule has 0 aliphatic carbocycles. The fraction of sp³-hybridized carbons (Fsp3) is 0.118. The number of fused-ring (bicyclic) bond motifs is 1. The van der Waals surface area contributed by atoms with Crippen LogP contribution >= 0.6 is 0 Å². The zero-order valence-corrected chi connectivity index (χ0v) is 11.3. The summed E-state index contributed by atoms with van der Waals surface area (Å²) in [5.74, 6) is -0.331. The van der Waals surface area contributed by atoms with Crippen LogP contribution in [0, 0.1) is 19.7 Å². The van der Waals surface area contributed by atoms with E-state index in [0.717, 1.165) is 23.0 Å². The summed E-state index contributed by atoms with van der Waals surface area (Å²) in [4.78, 5) is 14.5. The molecule has 100 valence electrons. The Hall–Kier alpha value is -2.42. The summed E-state index contributed by atoms with van der Waals surface area (Å²) in [5.41, 5.74) is 4.34. The second-order valence-electron chi connectivity index (χ2n) is 5.07. The SMILES string of the molecule is Cc1cccc(-c2[nH]c3c(F)cc(C)cc3c2C=O)c1. The predicted octanol–water partition coefficient (Wildman–Crippen LogP) is 4.40. The van der Waals surface area contributed by atoms with Crippen molar-refractivity contribution in [2.24, 2.45) is 0 Å². The highest BCUT2D eigenvalue weighted by Gasteiger charge is 2.15. The fourth-order valence-corrected chi connectivity index (χ4v) is 2.56. The lowest BCUT2D eigenvalue weighted by molar-refractivity contribution is 0.112. The van der Waals surface area contributed by atoms with E-state index in [9.17, 15) is 9.18 Å². The molecule has 0 bridgehead atoms. The topological polar surface area (TPSA) is 32.9 Å². The number of aromatic nitrogens is 1. The molecule has 0 fully saturated rings. The van der Waals surface area contributed by atoms with Crippen LogP contribution in [0.2, 0.25) is 0 Å². The molecule has 0 radical (unpaired) electrons. The maximum Gasteiger partial charge on any atom is 0.152 e. The van der Waals surface area contributed by atoms with Crippen molar-refractivity contribution >= 4 is 17.2 Å². The van der Waals surface area contributed by atoms with Crippen molar-refractivity contribution in [1.82, 2.24) is 4.98 Å². The first kappa shape index (κ1) is 12.6. The van der Waals surface area contributed by atoms with E-state index in [1.165, 1.54) is 6.07 Å². The van der Waals surface area contributed by atoms with Crippen LogP contribution < -0.4 is 0 Å². The van der Waals surface area contributed by atoms with Gasteiger partial charge in [0.2, 0.25) is 0 Å². The average molecular weight is 267 g/mol. The zero-order chi connectivity index (χ0) is 14.3. The Labute approximate surface area is 116 Å². The maximum atomic E-state index is 14.0. The van der Waals surface area contributed by atoms with E-state index in [4.69, 9.17) is 0 Å². The lowest BCUT2D eigenvalue weighted by atomic mass is 10.0. The van der Waals surface area contributed by atoms with Crippen molar-refractivity contribution < 1.29 is 9.18 Å². The summed E-state index contributed by atoms with van der Waals surface area (Å²) in [6, 6.07) is 11.1. The number of rotatable bonds is 2. The third kappa shape index (κ3) is 1.92. The molecule has 2 nitrogen and oxygen atoms in total. The van der Waals surface area contributed by atoms with Crippen LogP contribution in [0.3, 0.4) is 0 Å². The first-order valence-corrected chi connectivity index (χ1v) is 6.44. The third-order valence-electron chi connectivity index (χ3n) is 3.47. The van der Waals surface area contributed by atoms with Gasteiger partial charge in [0.05, 0.1) is 11.2 Å². The number of halogens is 1. The molecule has 0 spiro atoms. The molecule has 0 saturated carbocycles. The minimum absolute atomic E-state index is 0.331. The van der Waals surface area contributed by atoms with E-state index < -0.39 is 0 Å². The summed E-state index contributed by atoms with van der Waals surface area (Å²) in [6.45, 7) is 3.80. The second-order valence-corrected chi connectivity index (χ2v) is 5.07. The Bertz CT molecular complexity index is 817. The highest BCUT2D eigenvalue weighted by atomic mass is 19.1. The van der Waals surface area contributed by atoms with Gasteiger partial charge in [0, 0.05) is 10.9 Å². The number of aromatic amines is 1. The van der Waals surface area contributed by atoms with Gasteiger partial charge in [-0.2, -0.15) is 0 Å². The summed E-state index contributed by atoms with van der Waals surface area (Å²) in [6.07, 6.45) is 0.787. The van der Waals surface area contributed by atoms with Crippen LogP contribution in [0.5, 0.6) is 0 Å². The van der Waals surface area contributed by atoms with Gasteiger partial charge in [0.15, 0.2) is 6.29 Å². The lowest BCUT2D eigenvalue weighted by Gasteiger charge is -2.01. The molecule has 2 aromatic carbocycles. The van der Waals surface area contributed by atoms with Crippen LogP contribution in [-0.4, -0.2) is 11.3 Å². The molecule has 3 heteroatoms. The van der Waals surface area contributed by atoms with Crippen molar-refractivity contribution in [1.29, 1.82) is 0 Å². The van der Waals surface area contributed by atoms with Gasteiger partial charge in [0.1, 0.15) is 5.82 Å². The Morgan fingerprint density at radius 2 is 1.90 bits per heavy atom. The fourth-order valence-electron chi connectivity index (χ4n) is 2.56. The van der Waals surface area contributed by atoms with E-state index in [1.54, 1.807) is 0 Å². The number of nitrogens with one attached hydrogen (secondary N) is 1. The number of carbonyl (C=O) groups excluding carboxylic acids is 1. The quantitative estimate of drug-likeness (QED) is 0.686. The minimum Gasteiger partial charge on any atom is -0.352 e. The van der Waals surface area contributed by atoms with Gasteiger partial charge in [-0.3, -0.25) is 4.79 Å². The number of aldehydes is 1. The molecule has 3 aromatic rings. The molecule has 0 amide bonds. The monoisotopic (exact) mass is 267 g/mol. The molecule has 0 aliphatic heterocycles. The van der Waals surface area contributed by atoms with E-state index in [0.29, 0.717) is 22.2 Å². The average Bonchev–Trinajstić information content (AvgIpc) is 2.77. The van der Waals surface area contributed by atoms with Gasteiger partial charge in [-0.05, 0) is 43.2 Å². The van der Waals surface area contributed by atoms with Crippen molar-refractivity contribution in [3.8, 4) is 11.3 Å². The standard InChI is InChI=1S/C17H14FNO/c1-10-4-3-5-12(6-10)16-14(9-20)13-7-11(2)8-15(18)17(13)19-16/h3-9,19H,1-2H3. The predicted molar refractivity (Wildman–Crippen MR) is 78.6 cm³/mol. The van der Waals surface area contributed by atoms with Gasteiger partial charge in [0.25, 0.3) is 0 Å². The minimum atomic E-state index is -0.331. The Morgan fingerprint density at radius 3 is 2.60 bits per heavy atom. The molecule has 1 aromatic heterocycles. The molecular formula is C17H14FNO. The van der Waals surface area contributed by atoms with Gasteiger partial charge in [-0.15, -0.1) is 0 Å². The molecule has 3 rings (SSSR count). The Balaban J connectivity index is 2.37. The number of H-pyrrole nitrogens is 1. The van der Waals surface area contributed by atoms with E-state index >= 15 is 0 Å². The van der Waals surface area contributed by atoms with Crippen molar-refractivity contribution in [3.63, 3.8) is 0 Å². The van der Waals surface area contributed by atoms with Crippen LogP contribution in [0.25, 0.3) is 22.2 Å². The van der Waals surface area contributed by atoms with Crippen molar-refractivity contribution in [2.75, 3.05) is 0 Å². The molecule has 0 aliphatic rings. The largest absolute Gasteiger partial charge is 0.352 e. The molecule has 1 heterocycles. The highest BCUT2D eigenvalue weighted by molar-refractivity contribution is 6.04. The normalized spacial score (nSPS) is 10.9. The number of aryl methyl sites for hydroxylation is 2. The highest BCUT2D eigenvalue weighted by Crippen LogP contribution is 2.31.